The first-order valence-corrected chi connectivity index (χ1v) is 19.5. The number of carbonyl (C=O) groups excluding carboxylic acids is 4. The van der Waals surface area contributed by atoms with Gasteiger partial charge < -0.3 is 29.2 Å². The fraction of sp³-hybridized carbons (Fsp3) is 0.200. The van der Waals surface area contributed by atoms with Gasteiger partial charge >= 0.3 is 23.9 Å². The molecule has 0 amide bonds. The van der Waals surface area contributed by atoms with Crippen LogP contribution in [0.5, 0.6) is 34.5 Å². The number of benzene rings is 6. The van der Waals surface area contributed by atoms with Crippen molar-refractivity contribution in [2.45, 2.75) is 64.2 Å². The molecular weight excluding hydrogens is 761 g/mol. The molecule has 0 fully saturated rings. The maximum Gasteiger partial charge on any atom is 0.343 e. The molecule has 0 radical (unpaired) electrons. The summed E-state index contributed by atoms with van der Waals surface area (Å²) in [4.78, 5) is 50.5. The van der Waals surface area contributed by atoms with Crippen LogP contribution in [0.15, 0.2) is 146 Å². The monoisotopic (exact) mass is 806 g/mol. The maximum atomic E-state index is 12.8. The first-order chi connectivity index (χ1) is 28.7. The molecule has 0 saturated carbocycles. The highest BCUT2D eigenvalue weighted by molar-refractivity contribution is 5.92. The number of unbranched alkanes of at least 4 members (excludes halogenated alkanes) is 1. The van der Waals surface area contributed by atoms with Crippen LogP contribution in [0.2, 0.25) is 0 Å². The molecule has 0 unspecified atom stereocenters. The van der Waals surface area contributed by atoms with E-state index in [1.807, 2.05) is 48.5 Å². The van der Waals surface area contributed by atoms with Crippen LogP contribution in [0.25, 0.3) is 0 Å². The Kier molecular flexibility index (Phi) is 13.1. The third-order valence-electron chi connectivity index (χ3n) is 10.4. The second kappa shape index (κ2) is 18.6. The maximum absolute atomic E-state index is 12.8. The molecule has 0 heterocycles. The van der Waals surface area contributed by atoms with Crippen molar-refractivity contribution in [3.8, 4) is 34.5 Å². The summed E-state index contributed by atoms with van der Waals surface area (Å²) in [6.07, 6.45) is 0.936. The number of aromatic hydroxyl groups is 2. The molecule has 0 spiro atoms. The Hall–Kier alpha value is -7.20. The van der Waals surface area contributed by atoms with E-state index in [4.69, 9.17) is 18.9 Å². The Morgan fingerprint density at radius 1 is 0.383 bits per heavy atom. The summed E-state index contributed by atoms with van der Waals surface area (Å²) in [5.41, 5.74) is 3.97. The molecule has 0 aromatic heterocycles. The number of hydrogen-bond donors (Lipinski definition) is 2. The predicted molar refractivity (Wildman–Crippen MR) is 226 cm³/mol. The molecule has 0 atom stereocenters. The Balaban J connectivity index is 0.883. The number of ether oxygens (including phenoxy) is 4. The van der Waals surface area contributed by atoms with E-state index in [1.165, 1.54) is 48.5 Å². The van der Waals surface area contributed by atoms with Gasteiger partial charge in [-0.15, -0.1) is 0 Å². The van der Waals surface area contributed by atoms with Crippen LogP contribution in [0.3, 0.4) is 0 Å². The highest BCUT2D eigenvalue weighted by atomic mass is 16.5. The number of hydrogen-bond acceptors (Lipinski definition) is 10. The summed E-state index contributed by atoms with van der Waals surface area (Å²) in [7, 11) is 0. The zero-order chi connectivity index (χ0) is 42.9. The smallest absolute Gasteiger partial charge is 0.343 e. The molecular formula is C50H46O10. The molecule has 60 heavy (non-hydrogen) atoms. The van der Waals surface area contributed by atoms with Crippen molar-refractivity contribution in [1.29, 1.82) is 0 Å². The molecule has 0 aliphatic heterocycles. The third kappa shape index (κ3) is 10.8. The normalized spacial score (nSPS) is 11.3. The standard InChI is InChI=1S/C50H46O10/c1-49(2,35-13-21-39(51)22-14-35)37-17-29-43(30-18-37)59-47(55)33-9-25-41(26-10-33)57-45(53)7-5-6-8-46(54)58-42-27-11-34(12-28-42)48(56)60-44-31-19-38(20-32-44)50(3,4)36-15-23-40(52)24-16-36/h9-32,51-52H,5-8H2,1-4H3. The van der Waals surface area contributed by atoms with E-state index < -0.39 is 23.9 Å². The van der Waals surface area contributed by atoms with E-state index in [2.05, 4.69) is 27.7 Å². The van der Waals surface area contributed by atoms with Crippen molar-refractivity contribution in [2.75, 3.05) is 0 Å². The van der Waals surface area contributed by atoms with Gasteiger partial charge in [-0.1, -0.05) is 76.2 Å². The van der Waals surface area contributed by atoms with E-state index in [-0.39, 0.29) is 57.8 Å². The third-order valence-corrected chi connectivity index (χ3v) is 10.4. The second-order valence-corrected chi connectivity index (χ2v) is 15.4. The summed E-state index contributed by atoms with van der Waals surface area (Å²) in [5, 5.41) is 19.3. The van der Waals surface area contributed by atoms with Gasteiger partial charge in [-0.25, -0.2) is 9.59 Å². The molecule has 10 heteroatoms. The van der Waals surface area contributed by atoms with E-state index in [9.17, 15) is 29.4 Å². The topological polar surface area (TPSA) is 146 Å². The minimum absolute atomic E-state index is 0.0757. The molecule has 0 bridgehead atoms. The number of phenolic OH excluding ortho intramolecular Hbond substituents is 2. The minimum Gasteiger partial charge on any atom is -0.508 e. The average molecular weight is 807 g/mol. The summed E-state index contributed by atoms with van der Waals surface area (Å²) in [6, 6.07) is 40.7. The highest BCUT2D eigenvalue weighted by Gasteiger charge is 2.25. The largest absolute Gasteiger partial charge is 0.508 e. The summed E-state index contributed by atoms with van der Waals surface area (Å²) >= 11 is 0. The van der Waals surface area contributed by atoms with Gasteiger partial charge in [0.25, 0.3) is 0 Å². The summed E-state index contributed by atoms with van der Waals surface area (Å²) in [5.74, 6) is -0.372. The molecule has 6 aromatic carbocycles. The van der Waals surface area contributed by atoms with E-state index >= 15 is 0 Å². The lowest BCUT2D eigenvalue weighted by Gasteiger charge is -2.26. The van der Waals surface area contributed by atoms with Crippen molar-refractivity contribution < 1.29 is 48.3 Å². The molecule has 306 valence electrons. The molecule has 0 saturated heterocycles. The Morgan fingerprint density at radius 2 is 0.633 bits per heavy atom. The van der Waals surface area contributed by atoms with Crippen LogP contribution in [-0.4, -0.2) is 34.1 Å². The molecule has 0 aliphatic carbocycles. The van der Waals surface area contributed by atoms with Crippen LogP contribution in [0.4, 0.5) is 0 Å². The number of phenols is 2. The van der Waals surface area contributed by atoms with Gasteiger partial charge in [0.2, 0.25) is 0 Å². The molecule has 0 aliphatic rings. The molecule has 10 nitrogen and oxygen atoms in total. The van der Waals surface area contributed by atoms with Gasteiger partial charge in [-0.05, 0) is 132 Å². The van der Waals surface area contributed by atoms with E-state index in [1.54, 1.807) is 48.5 Å². The van der Waals surface area contributed by atoms with Crippen molar-refractivity contribution in [3.63, 3.8) is 0 Å². The number of carbonyl (C=O) groups is 4. The minimum atomic E-state index is -0.561. The van der Waals surface area contributed by atoms with Crippen LogP contribution in [0.1, 0.15) is 96.3 Å². The van der Waals surface area contributed by atoms with Crippen molar-refractivity contribution in [2.24, 2.45) is 0 Å². The fourth-order valence-corrected chi connectivity index (χ4v) is 6.52. The van der Waals surface area contributed by atoms with Crippen LogP contribution >= 0.6 is 0 Å². The zero-order valence-corrected chi connectivity index (χ0v) is 33.8. The SMILES string of the molecule is CC(C)(c1ccc(O)cc1)c1ccc(OC(=O)c2ccc(OC(=O)CCCCC(=O)Oc3ccc(C(=O)Oc4ccc(C(C)(C)c5ccc(O)cc5)cc4)cc3)cc2)cc1. The van der Waals surface area contributed by atoms with Gasteiger partial charge in [0.05, 0.1) is 11.1 Å². The summed E-state index contributed by atoms with van der Waals surface area (Å²) in [6.45, 7) is 8.29. The van der Waals surface area contributed by atoms with Crippen LogP contribution in [0, 0.1) is 0 Å². The van der Waals surface area contributed by atoms with E-state index in [0.29, 0.717) is 24.3 Å². The van der Waals surface area contributed by atoms with Gasteiger partial charge in [0, 0.05) is 23.7 Å². The predicted octanol–water partition coefficient (Wildman–Crippen LogP) is 10.3. The number of esters is 4. The van der Waals surface area contributed by atoms with Crippen LogP contribution in [-0.2, 0) is 20.4 Å². The lowest BCUT2D eigenvalue weighted by molar-refractivity contribution is -0.136. The van der Waals surface area contributed by atoms with Gasteiger partial charge in [-0.2, -0.15) is 0 Å². The number of rotatable bonds is 15. The van der Waals surface area contributed by atoms with Gasteiger partial charge in [0.1, 0.15) is 34.5 Å². The summed E-state index contributed by atoms with van der Waals surface area (Å²) < 4.78 is 21.9. The Labute approximate surface area is 349 Å². The van der Waals surface area contributed by atoms with Gasteiger partial charge in [0.15, 0.2) is 0 Å². The van der Waals surface area contributed by atoms with Crippen molar-refractivity contribution in [1.82, 2.24) is 0 Å². The van der Waals surface area contributed by atoms with E-state index in [0.717, 1.165) is 22.3 Å². The van der Waals surface area contributed by atoms with Crippen molar-refractivity contribution >= 4 is 23.9 Å². The lowest BCUT2D eigenvalue weighted by atomic mass is 9.78. The average Bonchev–Trinajstić information content (AvgIpc) is 3.23. The van der Waals surface area contributed by atoms with Crippen LogP contribution < -0.4 is 18.9 Å². The molecule has 6 aromatic rings. The Bertz CT molecular complexity index is 2240. The first kappa shape index (κ1) is 42.4. The zero-order valence-electron chi connectivity index (χ0n) is 33.8. The van der Waals surface area contributed by atoms with Crippen molar-refractivity contribution in [3.05, 3.63) is 179 Å². The quantitative estimate of drug-likeness (QED) is 0.0584. The Morgan fingerprint density at radius 3 is 0.933 bits per heavy atom. The highest BCUT2D eigenvalue weighted by Crippen LogP contribution is 2.35. The lowest BCUT2D eigenvalue weighted by Crippen LogP contribution is -2.18. The molecule has 2 N–H and O–H groups in total. The fourth-order valence-electron chi connectivity index (χ4n) is 6.52. The first-order valence-electron chi connectivity index (χ1n) is 19.5. The second-order valence-electron chi connectivity index (χ2n) is 15.4. The molecule has 6 rings (SSSR count). The van der Waals surface area contributed by atoms with Gasteiger partial charge in [-0.3, -0.25) is 9.59 Å².